The molecule has 2 N–H and O–H groups in total. The van der Waals surface area contributed by atoms with Crippen molar-refractivity contribution in [3.63, 3.8) is 0 Å². The van der Waals surface area contributed by atoms with E-state index in [1.807, 2.05) is 91.0 Å². The van der Waals surface area contributed by atoms with E-state index in [2.05, 4.69) is 20.3 Å². The second-order valence-electron chi connectivity index (χ2n) is 7.63. The highest BCUT2D eigenvalue weighted by molar-refractivity contribution is 5.80. The highest BCUT2D eigenvalue weighted by atomic mass is 16.4. The summed E-state index contributed by atoms with van der Waals surface area (Å²) in [6.45, 7) is -0.411. The van der Waals surface area contributed by atoms with Gasteiger partial charge in [0.1, 0.15) is 24.1 Å². The Morgan fingerprint density at radius 3 is 2.24 bits per heavy atom. The zero-order valence-electron chi connectivity index (χ0n) is 17.9. The number of aromatic nitrogens is 5. The molecule has 0 aliphatic carbocycles. The number of H-pyrrole nitrogens is 1. The number of carboxylic acid groups (broad SMARTS) is 1. The van der Waals surface area contributed by atoms with Gasteiger partial charge >= 0.3 is 5.97 Å². The molecule has 0 amide bonds. The van der Waals surface area contributed by atoms with E-state index in [1.54, 1.807) is 0 Å². The van der Waals surface area contributed by atoms with Gasteiger partial charge in [0.05, 0.1) is 11.0 Å². The maximum absolute atomic E-state index is 10.9. The van der Waals surface area contributed by atoms with Gasteiger partial charge in [-0.2, -0.15) is 5.26 Å². The lowest BCUT2D eigenvalue weighted by Gasteiger charge is -2.01. The third-order valence-electron chi connectivity index (χ3n) is 5.35. The smallest absolute Gasteiger partial charge is 0.325 e. The van der Waals surface area contributed by atoms with Crippen LogP contribution >= 0.6 is 0 Å². The number of aromatic amines is 1. The van der Waals surface area contributed by atoms with Crippen molar-refractivity contribution in [3.05, 3.63) is 89.6 Å². The van der Waals surface area contributed by atoms with Gasteiger partial charge in [-0.15, -0.1) is 5.10 Å². The predicted octanol–water partition coefficient (Wildman–Crippen LogP) is 4.62. The van der Waals surface area contributed by atoms with Crippen LogP contribution in [0.1, 0.15) is 16.8 Å². The SMILES string of the molecule is N#Cc1c(-c2ccc(/C=C/c3ccc(-c4nc5ccccc5[nH]4)cc3)cc2)nnn1CC(=O)O. The van der Waals surface area contributed by atoms with Gasteiger partial charge in [-0.25, -0.2) is 9.67 Å². The Kier molecular flexibility index (Phi) is 5.42. The molecular formula is C26H18N6O2. The Bertz CT molecular complexity index is 1520. The minimum atomic E-state index is -1.08. The first-order chi connectivity index (χ1) is 16.6. The molecule has 8 nitrogen and oxygen atoms in total. The summed E-state index contributed by atoms with van der Waals surface area (Å²) in [5, 5.41) is 26.1. The van der Waals surface area contributed by atoms with Crippen LogP contribution in [-0.2, 0) is 11.3 Å². The van der Waals surface area contributed by atoms with Crippen molar-refractivity contribution in [2.45, 2.75) is 6.54 Å². The van der Waals surface area contributed by atoms with Crippen LogP contribution in [0.15, 0.2) is 72.8 Å². The van der Waals surface area contributed by atoms with E-state index in [9.17, 15) is 10.1 Å². The van der Waals surface area contributed by atoms with E-state index in [1.165, 1.54) is 0 Å². The van der Waals surface area contributed by atoms with Crippen molar-refractivity contribution >= 4 is 29.2 Å². The Morgan fingerprint density at radius 1 is 0.971 bits per heavy atom. The van der Waals surface area contributed by atoms with Crippen LogP contribution in [0.5, 0.6) is 0 Å². The number of para-hydroxylation sites is 2. The van der Waals surface area contributed by atoms with Crippen LogP contribution < -0.4 is 0 Å². The third kappa shape index (κ3) is 4.18. The highest BCUT2D eigenvalue weighted by Gasteiger charge is 2.16. The molecule has 5 rings (SSSR count). The zero-order chi connectivity index (χ0) is 23.5. The number of nitriles is 1. The molecule has 0 spiro atoms. The fourth-order valence-electron chi connectivity index (χ4n) is 3.64. The number of imidazole rings is 1. The van der Waals surface area contributed by atoms with Crippen molar-refractivity contribution in [2.75, 3.05) is 0 Å². The van der Waals surface area contributed by atoms with Crippen LogP contribution in [-0.4, -0.2) is 36.0 Å². The van der Waals surface area contributed by atoms with Gasteiger partial charge in [-0.1, -0.05) is 78.0 Å². The Hall–Kier alpha value is -5.03. The van der Waals surface area contributed by atoms with Gasteiger partial charge in [-0.3, -0.25) is 4.79 Å². The molecule has 0 unspecified atom stereocenters. The van der Waals surface area contributed by atoms with Crippen molar-refractivity contribution in [1.82, 2.24) is 25.0 Å². The summed E-state index contributed by atoms with van der Waals surface area (Å²) in [6, 6.07) is 25.5. The normalized spacial score (nSPS) is 11.1. The minimum Gasteiger partial charge on any atom is -0.480 e. The Balaban J connectivity index is 1.31. The molecule has 8 heteroatoms. The molecule has 0 saturated heterocycles. The highest BCUT2D eigenvalue weighted by Crippen LogP contribution is 2.23. The number of nitrogens with one attached hydrogen (secondary N) is 1. The number of benzene rings is 3. The van der Waals surface area contributed by atoms with E-state index in [0.29, 0.717) is 11.3 Å². The molecule has 0 saturated carbocycles. The topological polar surface area (TPSA) is 120 Å². The molecule has 0 aliphatic rings. The number of aliphatic carboxylic acids is 1. The third-order valence-corrected chi connectivity index (χ3v) is 5.35. The lowest BCUT2D eigenvalue weighted by Crippen LogP contribution is -2.12. The van der Waals surface area contributed by atoms with E-state index >= 15 is 0 Å². The lowest BCUT2D eigenvalue weighted by molar-refractivity contribution is -0.137. The van der Waals surface area contributed by atoms with Crippen LogP contribution in [0.3, 0.4) is 0 Å². The molecule has 0 radical (unpaired) electrons. The average molecular weight is 446 g/mol. The van der Waals surface area contributed by atoms with Gasteiger partial charge in [-0.05, 0) is 23.3 Å². The molecule has 164 valence electrons. The number of carbonyl (C=O) groups is 1. The quantitative estimate of drug-likeness (QED) is 0.367. The Morgan fingerprint density at radius 2 is 1.62 bits per heavy atom. The van der Waals surface area contributed by atoms with E-state index in [4.69, 9.17) is 5.11 Å². The summed E-state index contributed by atoms with van der Waals surface area (Å²) < 4.78 is 1.08. The number of rotatable bonds is 6. The van der Waals surface area contributed by atoms with E-state index in [0.717, 1.165) is 38.2 Å². The van der Waals surface area contributed by atoms with Crippen molar-refractivity contribution in [2.24, 2.45) is 0 Å². The van der Waals surface area contributed by atoms with Gasteiger partial charge in [0, 0.05) is 11.1 Å². The zero-order valence-corrected chi connectivity index (χ0v) is 17.9. The second kappa shape index (κ2) is 8.84. The largest absolute Gasteiger partial charge is 0.480 e. The average Bonchev–Trinajstić information content (AvgIpc) is 3.47. The van der Waals surface area contributed by atoms with Crippen molar-refractivity contribution in [1.29, 1.82) is 5.26 Å². The molecule has 0 aliphatic heterocycles. The van der Waals surface area contributed by atoms with E-state index in [-0.39, 0.29) is 5.69 Å². The molecule has 2 aromatic heterocycles. The maximum atomic E-state index is 10.9. The molecule has 0 bridgehead atoms. The monoisotopic (exact) mass is 446 g/mol. The molecular weight excluding hydrogens is 428 g/mol. The van der Waals surface area contributed by atoms with Gasteiger partial charge in [0.15, 0.2) is 5.69 Å². The number of carboxylic acids is 1. The van der Waals surface area contributed by atoms with Crippen LogP contribution in [0.25, 0.3) is 45.8 Å². The van der Waals surface area contributed by atoms with Gasteiger partial charge < -0.3 is 10.1 Å². The first-order valence-corrected chi connectivity index (χ1v) is 10.5. The standard InChI is InChI=1S/C26H18N6O2/c27-15-23-25(30-31-32(23)16-24(33)34)19-11-7-17(8-12-19)5-6-18-9-13-20(14-10-18)26-28-21-3-1-2-4-22(21)29-26/h1-14H,16H2,(H,28,29)(H,33,34)/b6-5+. The van der Waals surface area contributed by atoms with Crippen LogP contribution in [0.4, 0.5) is 0 Å². The Labute approximate surface area is 194 Å². The summed E-state index contributed by atoms with van der Waals surface area (Å²) in [5.41, 5.74) is 6.17. The molecule has 5 aromatic rings. The summed E-state index contributed by atoms with van der Waals surface area (Å²) >= 11 is 0. The molecule has 0 fully saturated rings. The van der Waals surface area contributed by atoms with E-state index < -0.39 is 12.5 Å². The predicted molar refractivity (Wildman–Crippen MR) is 128 cm³/mol. The molecule has 2 heterocycles. The molecule has 3 aromatic carbocycles. The van der Waals surface area contributed by atoms with Gasteiger partial charge in [0.25, 0.3) is 0 Å². The second-order valence-corrected chi connectivity index (χ2v) is 7.63. The number of hydrogen-bond acceptors (Lipinski definition) is 5. The number of hydrogen-bond donors (Lipinski definition) is 2. The molecule has 34 heavy (non-hydrogen) atoms. The van der Waals surface area contributed by atoms with Crippen LogP contribution in [0, 0.1) is 11.3 Å². The summed E-state index contributed by atoms with van der Waals surface area (Å²) in [4.78, 5) is 18.9. The molecule has 0 atom stereocenters. The first-order valence-electron chi connectivity index (χ1n) is 10.5. The summed E-state index contributed by atoms with van der Waals surface area (Å²) in [5.74, 6) is -0.247. The summed E-state index contributed by atoms with van der Waals surface area (Å²) in [6.07, 6.45) is 4.01. The van der Waals surface area contributed by atoms with Crippen molar-refractivity contribution in [3.8, 4) is 28.7 Å². The lowest BCUT2D eigenvalue weighted by atomic mass is 10.1. The maximum Gasteiger partial charge on any atom is 0.325 e. The van der Waals surface area contributed by atoms with Gasteiger partial charge in [0.2, 0.25) is 0 Å². The number of fused-ring (bicyclic) bond motifs is 1. The summed E-state index contributed by atoms with van der Waals surface area (Å²) in [7, 11) is 0. The van der Waals surface area contributed by atoms with Crippen molar-refractivity contribution < 1.29 is 9.90 Å². The number of nitrogens with zero attached hydrogens (tertiary/aromatic N) is 5. The first kappa shape index (κ1) is 20.8. The van der Waals surface area contributed by atoms with Crippen LogP contribution in [0.2, 0.25) is 0 Å². The fraction of sp³-hybridized carbons (Fsp3) is 0.0385. The minimum absolute atomic E-state index is 0.121. The fourth-order valence-corrected chi connectivity index (χ4v) is 3.64.